The first-order valence-electron chi connectivity index (χ1n) is 9.07. The lowest BCUT2D eigenvalue weighted by Crippen LogP contribution is -2.15. The Bertz CT molecular complexity index is 1040. The summed E-state index contributed by atoms with van der Waals surface area (Å²) in [5, 5.41) is 12.5. The van der Waals surface area contributed by atoms with Crippen LogP contribution in [0.25, 0.3) is 0 Å². The summed E-state index contributed by atoms with van der Waals surface area (Å²) < 4.78 is 8.66. The highest BCUT2D eigenvalue weighted by Gasteiger charge is 2.15. The molecule has 0 bridgehead atoms. The van der Waals surface area contributed by atoms with E-state index in [0.717, 1.165) is 15.8 Å². The summed E-state index contributed by atoms with van der Waals surface area (Å²) >= 11 is 10.8. The third-order valence-electron chi connectivity index (χ3n) is 4.16. The number of nitrogens with one attached hydrogen (secondary N) is 1. The number of carbonyl (C=O) groups is 1. The van der Waals surface area contributed by atoms with Crippen molar-refractivity contribution < 1.29 is 9.53 Å². The van der Waals surface area contributed by atoms with Gasteiger partial charge in [-0.2, -0.15) is 0 Å². The predicted molar refractivity (Wildman–Crippen MR) is 124 cm³/mol. The maximum Gasteiger partial charge on any atom is 0.234 e. The molecular weight excluding hydrogens is 488 g/mol. The van der Waals surface area contributed by atoms with Gasteiger partial charge >= 0.3 is 0 Å². The minimum Gasteiger partial charge on any atom is -0.486 e. The average Bonchev–Trinajstić information content (AvgIpc) is 3.11. The molecule has 2 aromatic carbocycles. The van der Waals surface area contributed by atoms with E-state index in [4.69, 9.17) is 16.3 Å². The summed E-state index contributed by atoms with van der Waals surface area (Å²) in [5.41, 5.74) is 1.53. The topological polar surface area (TPSA) is 69.0 Å². The molecule has 0 saturated heterocycles. The van der Waals surface area contributed by atoms with Crippen molar-refractivity contribution >= 4 is 50.9 Å². The van der Waals surface area contributed by atoms with Gasteiger partial charge in [-0.1, -0.05) is 51.4 Å². The number of rotatable bonds is 9. The molecule has 1 heterocycles. The van der Waals surface area contributed by atoms with E-state index in [1.54, 1.807) is 18.2 Å². The van der Waals surface area contributed by atoms with Gasteiger partial charge in [0.1, 0.15) is 12.4 Å². The van der Waals surface area contributed by atoms with E-state index in [-0.39, 0.29) is 18.3 Å². The number of hydrogen-bond acceptors (Lipinski definition) is 5. The Kier molecular flexibility index (Phi) is 7.95. The smallest absolute Gasteiger partial charge is 0.234 e. The van der Waals surface area contributed by atoms with Crippen LogP contribution in [0.1, 0.15) is 11.4 Å². The second-order valence-corrected chi connectivity index (χ2v) is 8.56. The standard InChI is InChI=1S/C21H20BrClN4O2S/c1-3-11-27-19(12-29-16-9-7-15(22)8-10-16)25-26-21(27)30-13-20(28)24-18-6-4-5-17(23)14(18)2/h3-10H,1,11-13H2,2H3,(H,24,28). The van der Waals surface area contributed by atoms with Crippen LogP contribution in [0.15, 0.2) is 64.7 Å². The van der Waals surface area contributed by atoms with Crippen molar-refractivity contribution in [3.63, 3.8) is 0 Å². The Morgan fingerprint density at radius 1 is 1.30 bits per heavy atom. The number of anilines is 1. The van der Waals surface area contributed by atoms with Gasteiger partial charge in [0.2, 0.25) is 5.91 Å². The van der Waals surface area contributed by atoms with Crippen molar-refractivity contribution in [3.05, 3.63) is 76.0 Å². The van der Waals surface area contributed by atoms with Gasteiger partial charge in [0, 0.05) is 21.7 Å². The SMILES string of the molecule is C=CCn1c(COc2ccc(Br)cc2)nnc1SCC(=O)Nc1cccc(Cl)c1C. The fourth-order valence-electron chi connectivity index (χ4n) is 2.58. The first-order valence-corrected chi connectivity index (χ1v) is 11.2. The Labute approximate surface area is 192 Å². The average molecular weight is 508 g/mol. The van der Waals surface area contributed by atoms with E-state index >= 15 is 0 Å². The minimum absolute atomic E-state index is 0.147. The van der Waals surface area contributed by atoms with Crippen molar-refractivity contribution in [1.82, 2.24) is 14.8 Å². The maximum atomic E-state index is 12.4. The molecule has 0 radical (unpaired) electrons. The summed E-state index contributed by atoms with van der Waals surface area (Å²) in [7, 11) is 0. The monoisotopic (exact) mass is 506 g/mol. The van der Waals surface area contributed by atoms with Crippen molar-refractivity contribution in [2.24, 2.45) is 0 Å². The molecule has 0 aliphatic carbocycles. The van der Waals surface area contributed by atoms with E-state index < -0.39 is 0 Å². The van der Waals surface area contributed by atoms with Crippen molar-refractivity contribution in [1.29, 1.82) is 0 Å². The molecular formula is C21H20BrClN4O2S. The number of hydrogen-bond donors (Lipinski definition) is 1. The Morgan fingerprint density at radius 3 is 2.80 bits per heavy atom. The van der Waals surface area contributed by atoms with Crippen LogP contribution in [0.4, 0.5) is 5.69 Å². The first-order chi connectivity index (χ1) is 14.5. The fraction of sp³-hybridized carbons (Fsp3) is 0.190. The van der Waals surface area contributed by atoms with Crippen molar-refractivity contribution in [3.8, 4) is 5.75 Å². The molecule has 156 valence electrons. The maximum absolute atomic E-state index is 12.4. The van der Waals surface area contributed by atoms with Gasteiger partial charge < -0.3 is 10.1 Å². The first kappa shape index (κ1) is 22.4. The summed E-state index contributed by atoms with van der Waals surface area (Å²) in [5.74, 6) is 1.43. The lowest BCUT2D eigenvalue weighted by atomic mass is 10.2. The van der Waals surface area contributed by atoms with Gasteiger partial charge in [0.15, 0.2) is 11.0 Å². The molecule has 1 aromatic heterocycles. The van der Waals surface area contributed by atoms with Crippen molar-refractivity contribution in [2.45, 2.75) is 25.2 Å². The molecule has 0 fully saturated rings. The molecule has 0 unspecified atom stereocenters. The third-order valence-corrected chi connectivity index (χ3v) is 6.07. The second kappa shape index (κ2) is 10.7. The molecule has 1 N–H and O–H groups in total. The number of thioether (sulfide) groups is 1. The van der Waals surface area contributed by atoms with Crippen LogP contribution in [0.2, 0.25) is 5.02 Å². The molecule has 0 aliphatic rings. The molecule has 0 aliphatic heterocycles. The number of halogens is 2. The predicted octanol–water partition coefficient (Wildman–Crippen LogP) is 5.50. The summed E-state index contributed by atoms with van der Waals surface area (Å²) in [4.78, 5) is 12.4. The Balaban J connectivity index is 1.62. The van der Waals surface area contributed by atoms with Gasteiger partial charge in [-0.05, 0) is 48.9 Å². The highest BCUT2D eigenvalue weighted by atomic mass is 79.9. The molecule has 0 spiro atoms. The van der Waals surface area contributed by atoms with E-state index in [0.29, 0.717) is 28.2 Å². The van der Waals surface area contributed by atoms with Crippen LogP contribution >= 0.6 is 39.3 Å². The highest BCUT2D eigenvalue weighted by molar-refractivity contribution is 9.10. The number of ether oxygens (including phenoxy) is 1. The quantitative estimate of drug-likeness (QED) is 0.306. The number of allylic oxidation sites excluding steroid dienone is 1. The molecule has 0 saturated carbocycles. The number of carbonyl (C=O) groups excluding carboxylic acids is 1. The van der Waals surface area contributed by atoms with Crippen LogP contribution < -0.4 is 10.1 Å². The number of nitrogens with zero attached hydrogens (tertiary/aromatic N) is 3. The van der Waals surface area contributed by atoms with Crippen molar-refractivity contribution in [2.75, 3.05) is 11.1 Å². The van der Waals surface area contributed by atoms with Crippen LogP contribution in [0.5, 0.6) is 5.75 Å². The number of amides is 1. The molecule has 9 heteroatoms. The van der Waals surface area contributed by atoms with Gasteiger partial charge in [0.25, 0.3) is 0 Å². The van der Waals surface area contributed by atoms with Crippen LogP contribution in [-0.4, -0.2) is 26.4 Å². The molecule has 3 rings (SSSR count). The zero-order valence-electron chi connectivity index (χ0n) is 16.3. The zero-order valence-corrected chi connectivity index (χ0v) is 19.4. The number of aromatic nitrogens is 3. The summed E-state index contributed by atoms with van der Waals surface area (Å²) in [6, 6.07) is 13.0. The van der Waals surface area contributed by atoms with Gasteiger partial charge in [0.05, 0.1) is 5.75 Å². The van der Waals surface area contributed by atoms with Gasteiger partial charge in [-0.3, -0.25) is 9.36 Å². The lowest BCUT2D eigenvalue weighted by molar-refractivity contribution is -0.113. The van der Waals surface area contributed by atoms with Crippen LogP contribution in [-0.2, 0) is 17.9 Å². The zero-order chi connectivity index (χ0) is 21.5. The normalized spacial score (nSPS) is 10.6. The Morgan fingerprint density at radius 2 is 2.07 bits per heavy atom. The summed E-state index contributed by atoms with van der Waals surface area (Å²) in [6.45, 7) is 6.43. The van der Waals surface area contributed by atoms with Gasteiger partial charge in [-0.15, -0.1) is 16.8 Å². The molecule has 0 atom stereocenters. The molecule has 3 aromatic rings. The van der Waals surface area contributed by atoms with E-state index in [1.807, 2.05) is 41.8 Å². The third kappa shape index (κ3) is 5.87. The fourth-order valence-corrected chi connectivity index (χ4v) is 3.79. The van der Waals surface area contributed by atoms with Crippen LogP contribution in [0.3, 0.4) is 0 Å². The van der Waals surface area contributed by atoms with E-state index in [1.165, 1.54) is 11.8 Å². The van der Waals surface area contributed by atoms with Gasteiger partial charge in [-0.25, -0.2) is 0 Å². The largest absolute Gasteiger partial charge is 0.486 e. The van der Waals surface area contributed by atoms with E-state index in [9.17, 15) is 4.79 Å². The van der Waals surface area contributed by atoms with E-state index in [2.05, 4.69) is 38.0 Å². The second-order valence-electron chi connectivity index (χ2n) is 6.29. The molecule has 1 amide bonds. The molecule has 6 nitrogen and oxygen atoms in total. The summed E-state index contributed by atoms with van der Waals surface area (Å²) in [6.07, 6.45) is 1.76. The van der Waals surface area contributed by atoms with Crippen LogP contribution in [0, 0.1) is 6.92 Å². The minimum atomic E-state index is -0.147. The number of benzene rings is 2. The molecule has 30 heavy (non-hydrogen) atoms. The highest BCUT2D eigenvalue weighted by Crippen LogP contribution is 2.24. The lowest BCUT2D eigenvalue weighted by Gasteiger charge is -2.10. The Hall–Kier alpha value is -2.29.